The van der Waals surface area contributed by atoms with E-state index in [9.17, 15) is 9.18 Å². The molecule has 0 bridgehead atoms. The largest absolute Gasteiger partial charge is 0.385 e. The maximum absolute atomic E-state index is 13.3. The normalized spacial score (nSPS) is 18.9. The molecule has 1 aliphatic heterocycles. The number of carbonyl (C=O) groups is 1. The first-order valence-corrected chi connectivity index (χ1v) is 10.3. The Labute approximate surface area is 180 Å². The Bertz CT molecular complexity index is 1050. The summed E-state index contributed by atoms with van der Waals surface area (Å²) in [6, 6.07) is 9.47. The smallest absolute Gasteiger partial charge is 0.257 e. The van der Waals surface area contributed by atoms with Crippen LogP contribution in [0, 0.1) is 12.7 Å². The molecule has 3 aromatic rings. The van der Waals surface area contributed by atoms with Crippen LogP contribution in [-0.4, -0.2) is 52.7 Å². The van der Waals surface area contributed by atoms with Gasteiger partial charge in [0.2, 0.25) is 0 Å². The number of halogens is 1. The molecule has 0 spiro atoms. The van der Waals surface area contributed by atoms with Gasteiger partial charge < -0.3 is 14.2 Å². The molecule has 0 saturated carbocycles. The summed E-state index contributed by atoms with van der Waals surface area (Å²) in [7, 11) is 1.65. The lowest BCUT2D eigenvalue weighted by Crippen LogP contribution is -2.49. The van der Waals surface area contributed by atoms with Crippen LogP contribution in [0.2, 0.25) is 0 Å². The third-order valence-corrected chi connectivity index (χ3v) is 5.78. The third-order valence-electron chi connectivity index (χ3n) is 5.78. The fourth-order valence-electron chi connectivity index (χ4n) is 4.11. The number of amides is 1. The zero-order valence-corrected chi connectivity index (χ0v) is 17.7. The molecule has 0 N–H and O–H groups in total. The van der Waals surface area contributed by atoms with E-state index in [1.807, 2.05) is 11.8 Å². The van der Waals surface area contributed by atoms with Crippen LogP contribution in [0.4, 0.5) is 4.39 Å². The lowest BCUT2D eigenvalue weighted by molar-refractivity contribution is 0.0567. The Balaban J connectivity index is 1.63. The summed E-state index contributed by atoms with van der Waals surface area (Å²) in [5, 5.41) is 4.26. The van der Waals surface area contributed by atoms with Crippen LogP contribution in [0.25, 0.3) is 11.5 Å². The van der Waals surface area contributed by atoms with Crippen LogP contribution >= 0.6 is 0 Å². The second-order valence-electron chi connectivity index (χ2n) is 7.97. The lowest BCUT2D eigenvalue weighted by Gasteiger charge is -2.41. The Kier molecular flexibility index (Phi) is 6.08. The number of hydrogen-bond acceptors (Lipinski definition) is 6. The molecule has 1 atom stereocenters. The maximum atomic E-state index is 13.3. The van der Waals surface area contributed by atoms with E-state index in [1.54, 1.807) is 37.6 Å². The number of hydrogen-bond donors (Lipinski definition) is 0. The minimum absolute atomic E-state index is 0.0331. The van der Waals surface area contributed by atoms with E-state index in [2.05, 4.69) is 15.1 Å². The van der Waals surface area contributed by atoms with E-state index in [0.29, 0.717) is 49.0 Å². The van der Waals surface area contributed by atoms with Crippen molar-refractivity contribution in [2.24, 2.45) is 0 Å². The highest BCUT2D eigenvalue weighted by molar-refractivity contribution is 5.94. The standard InChI is InChI=1S/C23H25FN4O3/c1-16-14-18(8-11-25-16)21(29)28-12-3-9-23(15-28,10-13-30-2)22-26-20(31-27-22)17-4-6-19(24)7-5-17/h4-8,11,14H,3,9-10,12-13,15H2,1-2H3. The Morgan fingerprint density at radius 2 is 2.10 bits per heavy atom. The molecule has 1 fully saturated rings. The molecule has 1 unspecified atom stereocenters. The summed E-state index contributed by atoms with van der Waals surface area (Å²) in [6.07, 6.45) is 3.95. The summed E-state index contributed by atoms with van der Waals surface area (Å²) < 4.78 is 24.1. The number of methoxy groups -OCH3 is 1. The zero-order valence-electron chi connectivity index (χ0n) is 17.7. The molecule has 0 aliphatic carbocycles. The average Bonchev–Trinajstić information content (AvgIpc) is 3.29. The van der Waals surface area contributed by atoms with Crippen molar-refractivity contribution in [2.75, 3.05) is 26.8 Å². The van der Waals surface area contributed by atoms with Crippen LogP contribution in [0.1, 0.15) is 41.1 Å². The number of pyridine rings is 1. The fraction of sp³-hybridized carbons (Fsp3) is 0.391. The highest BCUT2D eigenvalue weighted by Gasteiger charge is 2.42. The predicted molar refractivity (Wildman–Crippen MR) is 112 cm³/mol. The van der Waals surface area contributed by atoms with E-state index < -0.39 is 5.41 Å². The summed E-state index contributed by atoms with van der Waals surface area (Å²) in [5.41, 5.74) is 1.59. The van der Waals surface area contributed by atoms with Gasteiger partial charge >= 0.3 is 0 Å². The van der Waals surface area contributed by atoms with Crippen LogP contribution in [0.15, 0.2) is 47.1 Å². The SMILES string of the molecule is COCCC1(c2noc(-c3ccc(F)cc3)n2)CCCN(C(=O)c2ccnc(C)c2)C1. The highest BCUT2D eigenvalue weighted by Crippen LogP contribution is 2.37. The van der Waals surface area contributed by atoms with Gasteiger partial charge in [-0.25, -0.2) is 4.39 Å². The van der Waals surface area contributed by atoms with Crippen LogP contribution in [0.3, 0.4) is 0 Å². The van der Waals surface area contributed by atoms with Crippen molar-refractivity contribution < 1.29 is 18.4 Å². The molecular formula is C23H25FN4O3. The van der Waals surface area contributed by atoms with Crippen molar-refractivity contribution in [3.8, 4) is 11.5 Å². The summed E-state index contributed by atoms with van der Waals surface area (Å²) >= 11 is 0. The number of carbonyl (C=O) groups excluding carboxylic acids is 1. The van der Waals surface area contributed by atoms with Gasteiger partial charge in [-0.3, -0.25) is 9.78 Å². The number of piperidine rings is 1. The minimum atomic E-state index is -0.478. The second-order valence-corrected chi connectivity index (χ2v) is 7.97. The maximum Gasteiger partial charge on any atom is 0.257 e. The van der Waals surface area contributed by atoms with Gasteiger partial charge in [-0.05, 0) is 62.6 Å². The Hall–Kier alpha value is -3.13. The molecule has 4 rings (SSSR count). The van der Waals surface area contributed by atoms with Gasteiger partial charge in [0.15, 0.2) is 5.82 Å². The number of likely N-dealkylation sites (tertiary alicyclic amines) is 1. The first kappa shape index (κ1) is 21.1. The van der Waals surface area contributed by atoms with Gasteiger partial charge in [0.1, 0.15) is 5.82 Å². The van der Waals surface area contributed by atoms with Crippen molar-refractivity contribution in [1.29, 1.82) is 0 Å². The summed E-state index contributed by atoms with van der Waals surface area (Å²) in [4.78, 5) is 23.8. The van der Waals surface area contributed by atoms with Gasteiger partial charge in [-0.15, -0.1) is 0 Å². The second kappa shape index (κ2) is 8.93. The van der Waals surface area contributed by atoms with Gasteiger partial charge in [-0.1, -0.05) is 5.16 Å². The zero-order chi connectivity index (χ0) is 21.8. The topological polar surface area (TPSA) is 81.4 Å². The first-order valence-electron chi connectivity index (χ1n) is 10.3. The predicted octanol–water partition coefficient (Wildman–Crippen LogP) is 3.79. The van der Waals surface area contributed by atoms with Gasteiger partial charge in [0.25, 0.3) is 11.8 Å². The molecule has 1 amide bonds. The summed E-state index contributed by atoms with van der Waals surface area (Å²) in [5.74, 6) is 0.523. The number of benzene rings is 1. The van der Waals surface area contributed by atoms with Crippen LogP contribution in [-0.2, 0) is 10.2 Å². The van der Waals surface area contributed by atoms with Crippen molar-refractivity contribution >= 4 is 5.91 Å². The Morgan fingerprint density at radius 3 is 2.84 bits per heavy atom. The molecule has 1 aliphatic rings. The fourth-order valence-corrected chi connectivity index (χ4v) is 4.11. The number of aromatic nitrogens is 3. The van der Waals surface area contributed by atoms with E-state index in [4.69, 9.17) is 9.26 Å². The van der Waals surface area contributed by atoms with Crippen molar-refractivity contribution in [2.45, 2.75) is 31.6 Å². The van der Waals surface area contributed by atoms with Crippen molar-refractivity contribution in [3.05, 3.63) is 65.5 Å². The molecule has 8 heteroatoms. The minimum Gasteiger partial charge on any atom is -0.385 e. The quantitative estimate of drug-likeness (QED) is 0.599. The van der Waals surface area contributed by atoms with E-state index >= 15 is 0 Å². The van der Waals surface area contributed by atoms with Crippen LogP contribution in [0.5, 0.6) is 0 Å². The monoisotopic (exact) mass is 424 g/mol. The van der Waals surface area contributed by atoms with Gasteiger partial charge in [0, 0.05) is 49.8 Å². The molecule has 1 aromatic carbocycles. The molecular weight excluding hydrogens is 399 g/mol. The lowest BCUT2D eigenvalue weighted by atomic mass is 9.76. The highest BCUT2D eigenvalue weighted by atomic mass is 19.1. The Morgan fingerprint density at radius 1 is 1.29 bits per heavy atom. The molecule has 162 valence electrons. The summed E-state index contributed by atoms with van der Waals surface area (Å²) in [6.45, 7) is 3.51. The average molecular weight is 424 g/mol. The number of ether oxygens (including phenoxy) is 1. The van der Waals surface area contributed by atoms with E-state index in [1.165, 1.54) is 12.1 Å². The molecule has 2 aromatic heterocycles. The molecule has 31 heavy (non-hydrogen) atoms. The molecule has 0 radical (unpaired) electrons. The van der Waals surface area contributed by atoms with E-state index in [-0.39, 0.29) is 11.7 Å². The van der Waals surface area contributed by atoms with Gasteiger partial charge in [0.05, 0.1) is 5.41 Å². The number of nitrogens with zero attached hydrogens (tertiary/aromatic N) is 4. The van der Waals surface area contributed by atoms with E-state index in [0.717, 1.165) is 18.5 Å². The van der Waals surface area contributed by atoms with Crippen molar-refractivity contribution in [3.63, 3.8) is 0 Å². The molecule has 3 heterocycles. The molecule has 1 saturated heterocycles. The first-order chi connectivity index (χ1) is 15.0. The number of rotatable bonds is 6. The van der Waals surface area contributed by atoms with Crippen molar-refractivity contribution in [1.82, 2.24) is 20.0 Å². The van der Waals surface area contributed by atoms with Crippen LogP contribution < -0.4 is 0 Å². The third kappa shape index (κ3) is 4.49. The van der Waals surface area contributed by atoms with Gasteiger partial charge in [-0.2, -0.15) is 4.98 Å². The molecule has 7 nitrogen and oxygen atoms in total. The number of aryl methyl sites for hydroxylation is 1.